The van der Waals surface area contributed by atoms with Crippen molar-refractivity contribution in [2.75, 3.05) is 18.6 Å². The van der Waals surface area contributed by atoms with Crippen molar-refractivity contribution in [3.63, 3.8) is 0 Å². The van der Waals surface area contributed by atoms with Gasteiger partial charge in [0.1, 0.15) is 18.2 Å². The number of rotatable bonds is 10. The van der Waals surface area contributed by atoms with E-state index in [1.165, 1.54) is 42.6 Å². The number of esters is 2. The van der Waals surface area contributed by atoms with Crippen molar-refractivity contribution >= 4 is 35.1 Å². The van der Waals surface area contributed by atoms with Crippen LogP contribution in [-0.2, 0) is 25.6 Å². The molecule has 0 unspecified atom stereocenters. The van der Waals surface area contributed by atoms with Crippen LogP contribution in [0, 0.1) is 5.82 Å². The molecule has 1 aromatic carbocycles. The molecule has 38 heavy (non-hydrogen) atoms. The predicted octanol–water partition coefficient (Wildman–Crippen LogP) is 5.58. The van der Waals surface area contributed by atoms with Gasteiger partial charge in [-0.05, 0) is 57.2 Å². The van der Waals surface area contributed by atoms with E-state index in [1.54, 1.807) is 13.8 Å². The Kier molecular flexibility index (Phi) is 10.0. The normalized spacial score (nSPS) is 13.2. The molecule has 2 aromatic rings. The van der Waals surface area contributed by atoms with Crippen molar-refractivity contribution in [1.29, 1.82) is 0 Å². The third kappa shape index (κ3) is 6.98. The Bertz CT molecular complexity index is 1260. The van der Waals surface area contributed by atoms with E-state index in [-0.39, 0.29) is 52.4 Å². The molecule has 0 fully saturated rings. The van der Waals surface area contributed by atoms with E-state index < -0.39 is 23.7 Å². The molecule has 202 valence electrons. The number of aromatic nitrogens is 1. The molecular formula is C28H30ClFN2O6. The van der Waals surface area contributed by atoms with Crippen LogP contribution < -0.4 is 9.64 Å². The van der Waals surface area contributed by atoms with E-state index in [2.05, 4.69) is 11.6 Å². The van der Waals surface area contributed by atoms with Gasteiger partial charge in [0, 0.05) is 29.6 Å². The van der Waals surface area contributed by atoms with Crippen LogP contribution in [0.15, 0.2) is 54.4 Å². The number of pyridine rings is 1. The second-order valence-electron chi connectivity index (χ2n) is 8.92. The number of hydrogen-bond acceptors (Lipinski definition) is 7. The molecule has 8 nitrogen and oxygen atoms in total. The van der Waals surface area contributed by atoms with E-state index in [9.17, 15) is 14.4 Å². The highest BCUT2D eigenvalue weighted by Crippen LogP contribution is 2.36. The van der Waals surface area contributed by atoms with Gasteiger partial charge in [0.05, 0.1) is 36.0 Å². The fourth-order valence-corrected chi connectivity index (χ4v) is 4.27. The minimum atomic E-state index is -0.760. The van der Waals surface area contributed by atoms with Gasteiger partial charge in [-0.3, -0.25) is 9.78 Å². The van der Waals surface area contributed by atoms with Crippen LogP contribution in [0.25, 0.3) is 0 Å². The van der Waals surface area contributed by atoms with E-state index in [4.69, 9.17) is 25.8 Å². The zero-order valence-corrected chi connectivity index (χ0v) is 22.3. The van der Waals surface area contributed by atoms with E-state index in [0.29, 0.717) is 31.2 Å². The van der Waals surface area contributed by atoms with Crippen molar-refractivity contribution in [3.05, 3.63) is 76.4 Å². The number of benzene rings is 1. The Labute approximate surface area is 226 Å². The maximum Gasteiger partial charge on any atom is 0.339 e. The fourth-order valence-electron chi connectivity index (χ4n) is 4.07. The quantitative estimate of drug-likeness (QED) is 0.284. The van der Waals surface area contributed by atoms with Gasteiger partial charge < -0.3 is 19.1 Å². The number of anilines is 1. The lowest BCUT2D eigenvalue weighted by Crippen LogP contribution is -2.34. The molecule has 1 aliphatic rings. The van der Waals surface area contributed by atoms with Gasteiger partial charge in [-0.25, -0.2) is 14.0 Å². The maximum absolute atomic E-state index is 15.4. The smallest absolute Gasteiger partial charge is 0.339 e. The fraction of sp³-hybridized carbons (Fsp3) is 0.357. The summed E-state index contributed by atoms with van der Waals surface area (Å²) >= 11 is 6.22. The number of carbonyl (C=O) groups excluding carboxylic acids is 3. The average molecular weight is 545 g/mol. The molecule has 1 aliphatic carbocycles. The van der Waals surface area contributed by atoms with Crippen molar-refractivity contribution in [2.45, 2.75) is 52.2 Å². The number of methoxy groups -OCH3 is 1. The van der Waals surface area contributed by atoms with Gasteiger partial charge in [-0.2, -0.15) is 0 Å². The van der Waals surface area contributed by atoms with Crippen LogP contribution in [0.4, 0.5) is 10.1 Å². The molecule has 0 saturated heterocycles. The van der Waals surface area contributed by atoms with E-state index >= 15 is 4.39 Å². The summed E-state index contributed by atoms with van der Waals surface area (Å²) < 4.78 is 31.1. The molecule has 0 aliphatic heterocycles. The maximum atomic E-state index is 15.4. The van der Waals surface area contributed by atoms with Crippen LogP contribution in [0.3, 0.4) is 0 Å². The Balaban J connectivity index is 2.14. The minimum Gasteiger partial charge on any atom is -0.489 e. The summed E-state index contributed by atoms with van der Waals surface area (Å²) in [7, 11) is 1.24. The highest BCUT2D eigenvalue weighted by molar-refractivity contribution is 6.32. The molecule has 0 atom stereocenters. The van der Waals surface area contributed by atoms with Crippen LogP contribution in [0.1, 0.15) is 55.5 Å². The molecule has 1 aromatic heterocycles. The molecule has 0 saturated carbocycles. The lowest BCUT2D eigenvalue weighted by atomic mass is 9.90. The molecule has 0 spiro atoms. The average Bonchev–Trinajstić information content (AvgIpc) is 2.91. The molecule has 10 heteroatoms. The lowest BCUT2D eigenvalue weighted by Gasteiger charge is -2.28. The summed E-state index contributed by atoms with van der Waals surface area (Å²) in [6.07, 6.45) is 6.03. The van der Waals surface area contributed by atoms with Crippen molar-refractivity contribution in [2.24, 2.45) is 0 Å². The third-order valence-electron chi connectivity index (χ3n) is 5.76. The van der Waals surface area contributed by atoms with Crippen LogP contribution in [0.5, 0.6) is 5.75 Å². The summed E-state index contributed by atoms with van der Waals surface area (Å²) in [5, 5.41) is 0.0484. The predicted molar refractivity (Wildman–Crippen MR) is 141 cm³/mol. The van der Waals surface area contributed by atoms with Crippen molar-refractivity contribution in [1.82, 2.24) is 4.98 Å². The topological polar surface area (TPSA) is 95.0 Å². The van der Waals surface area contributed by atoms with Crippen LogP contribution >= 0.6 is 11.6 Å². The second-order valence-corrected chi connectivity index (χ2v) is 9.32. The molecule has 1 heterocycles. The van der Waals surface area contributed by atoms with Gasteiger partial charge in [-0.1, -0.05) is 24.3 Å². The first-order valence-electron chi connectivity index (χ1n) is 12.2. The number of ether oxygens (including phenoxy) is 3. The SMILES string of the molecule is C=CCOC(=O)C1=C(C(=O)N(Cc2cncc(C(=O)OC)c2)c2cc(OC(C)C)c(Cl)cc2F)CCCC1. The number of halogens is 2. The lowest BCUT2D eigenvalue weighted by molar-refractivity contribution is -0.138. The van der Waals surface area contributed by atoms with Gasteiger partial charge >= 0.3 is 11.9 Å². The summed E-state index contributed by atoms with van der Waals surface area (Å²) in [4.78, 5) is 44.1. The van der Waals surface area contributed by atoms with Crippen molar-refractivity contribution in [3.8, 4) is 5.75 Å². The second kappa shape index (κ2) is 13.2. The zero-order chi connectivity index (χ0) is 27.8. The zero-order valence-electron chi connectivity index (χ0n) is 21.6. The van der Waals surface area contributed by atoms with E-state index in [1.807, 2.05) is 0 Å². The Morgan fingerprint density at radius 1 is 1.13 bits per heavy atom. The van der Waals surface area contributed by atoms with Gasteiger partial charge in [0.2, 0.25) is 0 Å². The molecule has 1 amide bonds. The Hall–Kier alpha value is -3.72. The third-order valence-corrected chi connectivity index (χ3v) is 6.06. The first kappa shape index (κ1) is 28.8. The summed E-state index contributed by atoms with van der Waals surface area (Å²) in [6.45, 7) is 6.97. The minimum absolute atomic E-state index is 0.00121. The highest BCUT2D eigenvalue weighted by Gasteiger charge is 2.31. The number of nitrogens with zero attached hydrogens (tertiary/aromatic N) is 2. The van der Waals surface area contributed by atoms with Crippen LogP contribution in [0.2, 0.25) is 5.02 Å². The molecular weight excluding hydrogens is 515 g/mol. The van der Waals surface area contributed by atoms with Crippen LogP contribution in [-0.4, -0.2) is 42.7 Å². The van der Waals surface area contributed by atoms with Crippen molar-refractivity contribution < 1.29 is 33.0 Å². The first-order valence-corrected chi connectivity index (χ1v) is 12.5. The summed E-state index contributed by atoms with van der Waals surface area (Å²) in [6, 6.07) is 3.94. The largest absolute Gasteiger partial charge is 0.489 e. The van der Waals surface area contributed by atoms with Gasteiger partial charge in [0.15, 0.2) is 0 Å². The van der Waals surface area contributed by atoms with Gasteiger partial charge in [-0.15, -0.1) is 0 Å². The highest BCUT2D eigenvalue weighted by atomic mass is 35.5. The molecule has 0 bridgehead atoms. The summed E-state index contributed by atoms with van der Waals surface area (Å²) in [5.41, 5.74) is 0.999. The van der Waals surface area contributed by atoms with E-state index in [0.717, 1.165) is 6.07 Å². The first-order chi connectivity index (χ1) is 18.2. The Morgan fingerprint density at radius 2 is 1.84 bits per heavy atom. The number of carbonyl (C=O) groups is 3. The summed E-state index contributed by atoms with van der Waals surface area (Å²) in [5.74, 6) is -2.35. The number of amides is 1. The molecule has 3 rings (SSSR count). The standard InChI is InChI=1S/C28H30ClFN2O6/c1-5-10-37-28(35)21-9-7-6-8-20(21)26(33)32(16-18-11-19(15-31-14-18)27(34)36-4)24-13-25(38-17(2)3)22(29)12-23(24)30/h5,11-15,17H,1,6-10,16H2,2-4H3. The van der Waals surface area contributed by atoms with Gasteiger partial charge in [0.25, 0.3) is 5.91 Å². The Morgan fingerprint density at radius 3 is 2.50 bits per heavy atom. The number of hydrogen-bond donors (Lipinski definition) is 0. The molecule has 0 radical (unpaired) electrons. The molecule has 0 N–H and O–H groups in total. The monoisotopic (exact) mass is 544 g/mol.